The number of para-hydroxylation sites is 1. The normalized spacial score (nSPS) is 13.0. The predicted octanol–water partition coefficient (Wildman–Crippen LogP) is 4.19. The van der Waals surface area contributed by atoms with E-state index in [9.17, 15) is 0 Å². The first-order chi connectivity index (χ1) is 9.26. The van der Waals surface area contributed by atoms with Crippen LogP contribution in [-0.4, -0.2) is 11.1 Å². The van der Waals surface area contributed by atoms with Gasteiger partial charge in [0.25, 0.3) is 0 Å². The van der Waals surface area contributed by atoms with Crippen LogP contribution in [0, 0.1) is 5.92 Å². The molecule has 2 heteroatoms. The maximum absolute atomic E-state index is 3.44. The molecule has 0 saturated heterocycles. The lowest BCUT2D eigenvalue weighted by atomic mass is 10.1. The molecule has 0 aliphatic heterocycles. The molecule has 0 aliphatic rings. The van der Waals surface area contributed by atoms with Gasteiger partial charge in [0.05, 0.1) is 5.52 Å². The van der Waals surface area contributed by atoms with Gasteiger partial charge in [-0.3, -0.25) is 0 Å². The summed E-state index contributed by atoms with van der Waals surface area (Å²) < 4.78 is 2.43. The molecule has 0 aliphatic carbocycles. The van der Waals surface area contributed by atoms with Crippen LogP contribution in [0.15, 0.2) is 30.5 Å². The van der Waals surface area contributed by atoms with E-state index in [4.69, 9.17) is 0 Å². The Morgan fingerprint density at radius 1 is 1.21 bits per heavy atom. The summed E-state index contributed by atoms with van der Waals surface area (Å²) in [6.07, 6.45) is 4.81. The van der Waals surface area contributed by atoms with Crippen LogP contribution in [0.1, 0.15) is 39.2 Å². The Morgan fingerprint density at radius 3 is 2.79 bits per heavy atom. The van der Waals surface area contributed by atoms with Crippen LogP contribution in [0.25, 0.3) is 10.9 Å². The fraction of sp³-hybridized carbons (Fsp3) is 0.529. The van der Waals surface area contributed by atoms with Crippen LogP contribution in [-0.2, 0) is 13.1 Å². The van der Waals surface area contributed by atoms with Gasteiger partial charge < -0.3 is 9.88 Å². The van der Waals surface area contributed by atoms with E-state index in [1.165, 1.54) is 29.3 Å². The highest BCUT2D eigenvalue weighted by atomic mass is 15.0. The van der Waals surface area contributed by atoms with Crippen molar-refractivity contribution in [3.05, 3.63) is 36.0 Å². The van der Waals surface area contributed by atoms with Crippen molar-refractivity contribution in [2.45, 2.75) is 46.7 Å². The van der Waals surface area contributed by atoms with Crippen molar-refractivity contribution in [2.75, 3.05) is 6.54 Å². The molecular weight excluding hydrogens is 232 g/mol. The summed E-state index contributed by atoms with van der Waals surface area (Å²) in [5.74, 6) is 0.743. The molecule has 1 heterocycles. The topological polar surface area (TPSA) is 17.0 Å². The monoisotopic (exact) mass is 258 g/mol. The zero-order valence-corrected chi connectivity index (χ0v) is 12.4. The second kappa shape index (κ2) is 6.76. The van der Waals surface area contributed by atoms with Gasteiger partial charge in [0.2, 0.25) is 0 Å². The van der Waals surface area contributed by atoms with E-state index in [2.05, 4.69) is 61.1 Å². The molecule has 0 saturated carbocycles. The van der Waals surface area contributed by atoms with Crippen molar-refractivity contribution in [1.29, 1.82) is 0 Å². The summed E-state index contributed by atoms with van der Waals surface area (Å²) in [5.41, 5.74) is 2.82. The van der Waals surface area contributed by atoms with Crippen LogP contribution >= 0.6 is 0 Å². The Bertz CT molecular complexity index is 513. The Hall–Kier alpha value is -1.28. The SMILES string of the molecule is CCCC(C)Cn1ccc2cccc(CNCC)c21. The molecule has 1 atom stereocenters. The molecule has 1 aromatic carbocycles. The second-order valence-electron chi connectivity index (χ2n) is 5.50. The predicted molar refractivity (Wildman–Crippen MR) is 83.4 cm³/mol. The number of hydrogen-bond donors (Lipinski definition) is 1. The largest absolute Gasteiger partial charge is 0.347 e. The summed E-state index contributed by atoms with van der Waals surface area (Å²) in [7, 11) is 0. The summed E-state index contributed by atoms with van der Waals surface area (Å²) in [4.78, 5) is 0. The lowest BCUT2D eigenvalue weighted by Crippen LogP contribution is -2.13. The zero-order valence-electron chi connectivity index (χ0n) is 12.4. The third-order valence-corrected chi connectivity index (χ3v) is 3.73. The van der Waals surface area contributed by atoms with Crippen LogP contribution in [0.5, 0.6) is 0 Å². The number of rotatable bonds is 7. The molecule has 1 aromatic heterocycles. The molecule has 0 spiro atoms. The summed E-state index contributed by atoms with van der Waals surface area (Å²) in [6.45, 7) is 9.87. The van der Waals surface area contributed by atoms with Crippen LogP contribution < -0.4 is 5.32 Å². The molecule has 2 rings (SSSR count). The van der Waals surface area contributed by atoms with Crippen LogP contribution in [0.4, 0.5) is 0 Å². The van der Waals surface area contributed by atoms with Crippen LogP contribution in [0.2, 0.25) is 0 Å². The Morgan fingerprint density at radius 2 is 2.05 bits per heavy atom. The first-order valence-electron chi connectivity index (χ1n) is 7.53. The van der Waals surface area contributed by atoms with E-state index in [0.717, 1.165) is 25.6 Å². The standard InChI is InChI=1S/C17H26N2/c1-4-7-14(3)13-19-11-10-15-8-6-9-16(17(15)19)12-18-5-2/h6,8-11,14,18H,4-5,7,12-13H2,1-3H3. The van der Waals surface area contributed by atoms with Crippen LogP contribution in [0.3, 0.4) is 0 Å². The van der Waals surface area contributed by atoms with Gasteiger partial charge >= 0.3 is 0 Å². The average Bonchev–Trinajstić information content (AvgIpc) is 2.80. The third kappa shape index (κ3) is 3.38. The number of nitrogens with zero attached hydrogens (tertiary/aromatic N) is 1. The van der Waals surface area contributed by atoms with Gasteiger partial charge in [0, 0.05) is 19.3 Å². The molecule has 104 valence electrons. The molecule has 0 amide bonds. The summed E-state index contributed by atoms with van der Waals surface area (Å²) in [6, 6.07) is 8.86. The molecule has 1 unspecified atom stereocenters. The minimum absolute atomic E-state index is 0.743. The maximum atomic E-state index is 3.44. The maximum Gasteiger partial charge on any atom is 0.0525 e. The Kier molecular flexibility index (Phi) is 5.03. The number of benzene rings is 1. The van der Waals surface area contributed by atoms with Gasteiger partial charge in [-0.15, -0.1) is 0 Å². The molecule has 19 heavy (non-hydrogen) atoms. The van der Waals surface area contributed by atoms with Gasteiger partial charge in [0.15, 0.2) is 0 Å². The van der Waals surface area contributed by atoms with Crippen molar-refractivity contribution in [3.8, 4) is 0 Å². The first-order valence-corrected chi connectivity index (χ1v) is 7.53. The molecular formula is C17H26N2. The van der Waals surface area contributed by atoms with Gasteiger partial charge in [-0.1, -0.05) is 45.4 Å². The van der Waals surface area contributed by atoms with E-state index in [1.807, 2.05) is 0 Å². The lowest BCUT2D eigenvalue weighted by molar-refractivity contribution is 0.453. The minimum atomic E-state index is 0.743. The van der Waals surface area contributed by atoms with Crippen molar-refractivity contribution in [3.63, 3.8) is 0 Å². The average molecular weight is 258 g/mol. The number of fused-ring (bicyclic) bond motifs is 1. The lowest BCUT2D eigenvalue weighted by Gasteiger charge is -2.14. The van der Waals surface area contributed by atoms with Crippen molar-refractivity contribution in [2.24, 2.45) is 5.92 Å². The fourth-order valence-electron chi connectivity index (χ4n) is 2.82. The van der Waals surface area contributed by atoms with Gasteiger partial charge in [-0.2, -0.15) is 0 Å². The van der Waals surface area contributed by atoms with E-state index < -0.39 is 0 Å². The molecule has 1 N–H and O–H groups in total. The van der Waals surface area contributed by atoms with E-state index >= 15 is 0 Å². The molecule has 0 bridgehead atoms. The first kappa shape index (κ1) is 14.1. The highest BCUT2D eigenvalue weighted by Gasteiger charge is 2.08. The van der Waals surface area contributed by atoms with Crippen molar-refractivity contribution < 1.29 is 0 Å². The summed E-state index contributed by atoms with van der Waals surface area (Å²) in [5, 5.41) is 4.80. The zero-order chi connectivity index (χ0) is 13.7. The summed E-state index contributed by atoms with van der Waals surface area (Å²) >= 11 is 0. The highest BCUT2D eigenvalue weighted by molar-refractivity contribution is 5.83. The second-order valence-corrected chi connectivity index (χ2v) is 5.50. The van der Waals surface area contributed by atoms with E-state index in [1.54, 1.807) is 0 Å². The number of hydrogen-bond acceptors (Lipinski definition) is 1. The van der Waals surface area contributed by atoms with Crippen molar-refractivity contribution in [1.82, 2.24) is 9.88 Å². The van der Waals surface area contributed by atoms with Gasteiger partial charge in [-0.25, -0.2) is 0 Å². The molecule has 2 nitrogen and oxygen atoms in total. The molecule has 0 fully saturated rings. The molecule has 0 radical (unpaired) electrons. The van der Waals surface area contributed by atoms with Crippen molar-refractivity contribution >= 4 is 10.9 Å². The smallest absolute Gasteiger partial charge is 0.0525 e. The molecule has 2 aromatic rings. The minimum Gasteiger partial charge on any atom is -0.347 e. The Labute approximate surface area is 116 Å². The third-order valence-electron chi connectivity index (χ3n) is 3.73. The Balaban J connectivity index is 2.28. The fourth-order valence-corrected chi connectivity index (χ4v) is 2.82. The van der Waals surface area contributed by atoms with E-state index in [0.29, 0.717) is 0 Å². The van der Waals surface area contributed by atoms with Gasteiger partial charge in [0.1, 0.15) is 0 Å². The van der Waals surface area contributed by atoms with E-state index in [-0.39, 0.29) is 0 Å². The number of aromatic nitrogens is 1. The highest BCUT2D eigenvalue weighted by Crippen LogP contribution is 2.22. The van der Waals surface area contributed by atoms with Gasteiger partial charge in [-0.05, 0) is 35.9 Å². The number of nitrogens with one attached hydrogen (secondary N) is 1. The quantitative estimate of drug-likeness (QED) is 0.788.